The molecule has 21 heavy (non-hydrogen) atoms. The second kappa shape index (κ2) is 5.43. The van der Waals surface area contributed by atoms with Crippen molar-refractivity contribution in [2.45, 2.75) is 26.9 Å². The van der Waals surface area contributed by atoms with Gasteiger partial charge in [-0.3, -0.25) is 0 Å². The molecule has 0 fully saturated rings. The Morgan fingerprint density at radius 3 is 2.38 bits per heavy atom. The zero-order valence-corrected chi connectivity index (χ0v) is 13.8. The summed E-state index contributed by atoms with van der Waals surface area (Å²) in [7, 11) is 0. The van der Waals surface area contributed by atoms with Crippen molar-refractivity contribution in [1.82, 2.24) is 0 Å². The molecular formula is C17H17Cl2NO. The van der Waals surface area contributed by atoms with Crippen LogP contribution in [-0.2, 0) is 0 Å². The molecule has 2 aromatic carbocycles. The van der Waals surface area contributed by atoms with Crippen LogP contribution in [0.15, 0.2) is 24.3 Å². The van der Waals surface area contributed by atoms with Crippen LogP contribution in [0.1, 0.15) is 28.4 Å². The Bertz CT molecular complexity index is 689. The van der Waals surface area contributed by atoms with E-state index < -0.39 is 0 Å². The lowest BCUT2D eigenvalue weighted by molar-refractivity contribution is 0.209. The van der Waals surface area contributed by atoms with E-state index >= 15 is 0 Å². The summed E-state index contributed by atoms with van der Waals surface area (Å²) in [5.41, 5.74) is 5.83. The fourth-order valence-electron chi connectivity index (χ4n) is 3.06. The van der Waals surface area contributed by atoms with Gasteiger partial charge in [-0.2, -0.15) is 0 Å². The Kier molecular flexibility index (Phi) is 3.76. The Hall–Kier alpha value is -1.38. The number of fused-ring (bicyclic) bond motifs is 1. The van der Waals surface area contributed by atoms with Gasteiger partial charge < -0.3 is 10.1 Å². The van der Waals surface area contributed by atoms with Crippen LogP contribution >= 0.6 is 23.2 Å². The van der Waals surface area contributed by atoms with Gasteiger partial charge in [0, 0.05) is 5.02 Å². The lowest BCUT2D eigenvalue weighted by Gasteiger charge is -2.30. The standard InChI is InChI=1S/C17H17Cl2NO/c1-9-4-10(2)16(11(3)5-9)15-8-20-14-7-12(18)6-13(19)17(14)21-15/h4-7,15,20H,8H2,1-3H3. The van der Waals surface area contributed by atoms with Gasteiger partial charge in [-0.1, -0.05) is 40.9 Å². The highest BCUT2D eigenvalue weighted by molar-refractivity contribution is 6.36. The van der Waals surface area contributed by atoms with Gasteiger partial charge in [-0.05, 0) is 49.6 Å². The Labute approximate surface area is 135 Å². The average Bonchev–Trinajstić information content (AvgIpc) is 2.38. The molecule has 4 heteroatoms. The van der Waals surface area contributed by atoms with E-state index in [1.165, 1.54) is 22.3 Å². The number of benzene rings is 2. The lowest BCUT2D eigenvalue weighted by Crippen LogP contribution is -2.25. The molecule has 2 aromatic rings. The van der Waals surface area contributed by atoms with E-state index in [1.807, 2.05) is 6.07 Å². The number of rotatable bonds is 1. The van der Waals surface area contributed by atoms with Crippen molar-refractivity contribution >= 4 is 28.9 Å². The van der Waals surface area contributed by atoms with Gasteiger partial charge in [0.2, 0.25) is 0 Å². The molecule has 0 radical (unpaired) electrons. The second-order valence-electron chi connectivity index (χ2n) is 5.56. The average molecular weight is 322 g/mol. The smallest absolute Gasteiger partial charge is 0.162 e. The third-order valence-corrected chi connectivity index (χ3v) is 4.31. The lowest BCUT2D eigenvalue weighted by atomic mass is 9.95. The maximum absolute atomic E-state index is 6.26. The fraction of sp³-hybridized carbons (Fsp3) is 0.294. The van der Waals surface area contributed by atoms with Crippen LogP contribution in [0.2, 0.25) is 10.0 Å². The van der Waals surface area contributed by atoms with Crippen LogP contribution in [0.3, 0.4) is 0 Å². The minimum Gasteiger partial charge on any atom is -0.480 e. The highest BCUT2D eigenvalue weighted by Crippen LogP contribution is 2.42. The van der Waals surface area contributed by atoms with Crippen LogP contribution in [-0.4, -0.2) is 6.54 Å². The van der Waals surface area contributed by atoms with Crippen molar-refractivity contribution in [2.75, 3.05) is 11.9 Å². The maximum atomic E-state index is 6.26. The van der Waals surface area contributed by atoms with Gasteiger partial charge in [-0.15, -0.1) is 0 Å². The minimum absolute atomic E-state index is 0.0447. The number of aryl methyl sites for hydroxylation is 3. The number of hydrogen-bond donors (Lipinski definition) is 1. The summed E-state index contributed by atoms with van der Waals surface area (Å²) in [4.78, 5) is 0. The highest BCUT2D eigenvalue weighted by Gasteiger charge is 2.26. The molecule has 110 valence electrons. The predicted molar refractivity (Wildman–Crippen MR) is 89.0 cm³/mol. The molecule has 0 amide bonds. The summed E-state index contributed by atoms with van der Waals surface area (Å²) in [5, 5.41) is 4.51. The molecular weight excluding hydrogens is 305 g/mol. The van der Waals surface area contributed by atoms with E-state index in [1.54, 1.807) is 6.07 Å². The van der Waals surface area contributed by atoms with E-state index in [9.17, 15) is 0 Å². The number of anilines is 1. The van der Waals surface area contributed by atoms with Crippen molar-refractivity contribution in [2.24, 2.45) is 0 Å². The normalized spacial score (nSPS) is 16.9. The summed E-state index contributed by atoms with van der Waals surface area (Å²) >= 11 is 12.3. The first-order valence-electron chi connectivity index (χ1n) is 6.93. The summed E-state index contributed by atoms with van der Waals surface area (Å²) in [5.74, 6) is 0.677. The Morgan fingerprint density at radius 1 is 1.05 bits per heavy atom. The molecule has 0 spiro atoms. The second-order valence-corrected chi connectivity index (χ2v) is 6.41. The predicted octanol–water partition coefficient (Wildman–Crippen LogP) is 5.46. The summed E-state index contributed by atoms with van der Waals surface area (Å²) < 4.78 is 6.15. The fourth-order valence-corrected chi connectivity index (χ4v) is 3.60. The minimum atomic E-state index is -0.0447. The molecule has 0 saturated carbocycles. The van der Waals surface area contributed by atoms with Gasteiger partial charge in [-0.25, -0.2) is 0 Å². The van der Waals surface area contributed by atoms with E-state index in [2.05, 4.69) is 38.2 Å². The molecule has 1 heterocycles. The third kappa shape index (κ3) is 2.70. The monoisotopic (exact) mass is 321 g/mol. The number of nitrogens with one attached hydrogen (secondary N) is 1. The SMILES string of the molecule is Cc1cc(C)c(C2CNc3cc(Cl)cc(Cl)c3O2)c(C)c1. The highest BCUT2D eigenvalue weighted by atomic mass is 35.5. The summed E-state index contributed by atoms with van der Waals surface area (Å²) in [6.45, 7) is 7.06. The van der Waals surface area contributed by atoms with Crippen LogP contribution < -0.4 is 10.1 Å². The van der Waals surface area contributed by atoms with Crippen molar-refractivity contribution in [3.63, 3.8) is 0 Å². The summed E-state index contributed by atoms with van der Waals surface area (Å²) in [6.07, 6.45) is -0.0447. The quantitative estimate of drug-likeness (QED) is 0.752. The van der Waals surface area contributed by atoms with E-state index in [0.717, 1.165) is 5.69 Å². The van der Waals surface area contributed by atoms with E-state index in [0.29, 0.717) is 22.3 Å². The first kappa shape index (κ1) is 14.6. The molecule has 1 aliphatic rings. The molecule has 1 atom stereocenters. The van der Waals surface area contributed by atoms with E-state index in [-0.39, 0.29) is 6.10 Å². The first-order chi connectivity index (χ1) is 9.95. The van der Waals surface area contributed by atoms with Crippen molar-refractivity contribution < 1.29 is 4.74 Å². The van der Waals surface area contributed by atoms with Gasteiger partial charge in [0.05, 0.1) is 17.3 Å². The van der Waals surface area contributed by atoms with Crippen LogP contribution in [0.25, 0.3) is 0 Å². The van der Waals surface area contributed by atoms with Crippen molar-refractivity contribution in [3.8, 4) is 5.75 Å². The molecule has 0 aromatic heterocycles. The Morgan fingerprint density at radius 2 is 1.71 bits per heavy atom. The molecule has 0 aliphatic carbocycles. The molecule has 1 aliphatic heterocycles. The molecule has 0 saturated heterocycles. The van der Waals surface area contributed by atoms with Crippen molar-refractivity contribution in [1.29, 1.82) is 0 Å². The molecule has 1 unspecified atom stereocenters. The van der Waals surface area contributed by atoms with Crippen LogP contribution in [0.4, 0.5) is 5.69 Å². The van der Waals surface area contributed by atoms with Gasteiger partial charge in [0.15, 0.2) is 5.75 Å². The molecule has 0 bridgehead atoms. The largest absolute Gasteiger partial charge is 0.480 e. The van der Waals surface area contributed by atoms with Gasteiger partial charge >= 0.3 is 0 Å². The third-order valence-electron chi connectivity index (χ3n) is 3.81. The van der Waals surface area contributed by atoms with E-state index in [4.69, 9.17) is 27.9 Å². The summed E-state index contributed by atoms with van der Waals surface area (Å²) in [6, 6.07) is 7.92. The number of halogens is 2. The zero-order chi connectivity index (χ0) is 15.1. The van der Waals surface area contributed by atoms with Gasteiger partial charge in [0.1, 0.15) is 6.10 Å². The number of ether oxygens (including phenoxy) is 1. The topological polar surface area (TPSA) is 21.3 Å². The van der Waals surface area contributed by atoms with Gasteiger partial charge in [0.25, 0.3) is 0 Å². The van der Waals surface area contributed by atoms with Crippen LogP contribution in [0.5, 0.6) is 5.75 Å². The maximum Gasteiger partial charge on any atom is 0.162 e. The first-order valence-corrected chi connectivity index (χ1v) is 7.68. The molecule has 3 rings (SSSR count). The zero-order valence-electron chi connectivity index (χ0n) is 12.3. The van der Waals surface area contributed by atoms with Crippen molar-refractivity contribution in [3.05, 3.63) is 56.6 Å². The molecule has 2 nitrogen and oxygen atoms in total. The van der Waals surface area contributed by atoms with Crippen LogP contribution in [0, 0.1) is 20.8 Å². The Balaban J connectivity index is 2.01. The molecule has 1 N–H and O–H groups in total. The number of hydrogen-bond acceptors (Lipinski definition) is 2.